The molecular weight excluding hydrogens is 203 g/mol. The second-order valence-corrected chi connectivity index (χ2v) is 2.89. The predicted molar refractivity (Wildman–Crippen MR) is 42.9 cm³/mol. The van der Waals surface area contributed by atoms with Crippen molar-refractivity contribution >= 4 is 29.2 Å². The highest BCUT2D eigenvalue weighted by Gasteiger charge is 2.06. The normalized spacial score (nSPS) is 9.83. The Labute approximate surface area is 78.2 Å². The van der Waals surface area contributed by atoms with Gasteiger partial charge in [0.1, 0.15) is 0 Å². The van der Waals surface area contributed by atoms with E-state index in [2.05, 4.69) is 0 Å². The molecule has 0 aromatic heterocycles. The summed E-state index contributed by atoms with van der Waals surface area (Å²) in [5.74, 6) is -1.72. The van der Waals surface area contributed by atoms with Crippen LogP contribution in [0.2, 0.25) is 10.0 Å². The summed E-state index contributed by atoms with van der Waals surface area (Å²) in [6.07, 6.45) is 0. The minimum Gasteiger partial charge on any atom is -0.870 e. The molecule has 1 N–H and O–H groups in total. The van der Waals surface area contributed by atoms with E-state index < -0.39 is 11.7 Å². The van der Waals surface area contributed by atoms with Gasteiger partial charge in [0, 0.05) is 10.0 Å². The molecule has 0 atom stereocenters. The number of rotatable bonds is 1. The molecule has 0 unspecified atom stereocenters. The molecule has 0 saturated heterocycles. The lowest BCUT2D eigenvalue weighted by molar-refractivity contribution is -0.268. The maximum Gasteiger partial charge on any atom is 0.335 e. The van der Waals surface area contributed by atoms with Gasteiger partial charge in [0.25, 0.3) is 0 Å². The molecule has 0 radical (unpaired) electrons. The highest BCUT2D eigenvalue weighted by atomic mass is 35.5. The smallest absolute Gasteiger partial charge is 0.335 e. The van der Waals surface area contributed by atoms with Crippen LogP contribution in [-0.4, -0.2) is 11.1 Å². The molecule has 1 rings (SSSR count). The Morgan fingerprint density at radius 3 is 2.08 bits per heavy atom. The Kier molecular flexibility index (Phi) is 2.45. The number of carboxylic acids is 1. The van der Waals surface area contributed by atoms with Crippen LogP contribution in [0.5, 0.6) is 5.75 Å². The van der Waals surface area contributed by atoms with Crippen molar-refractivity contribution in [2.24, 2.45) is 0 Å². The van der Waals surface area contributed by atoms with Gasteiger partial charge in [-0.2, -0.15) is 0 Å². The van der Waals surface area contributed by atoms with Gasteiger partial charge in [-0.3, -0.25) is 0 Å². The molecule has 0 bridgehead atoms. The van der Waals surface area contributed by atoms with Crippen LogP contribution < -0.4 is 5.11 Å². The maximum atomic E-state index is 10.9. The number of benzene rings is 1. The van der Waals surface area contributed by atoms with Crippen LogP contribution in [0.15, 0.2) is 12.1 Å². The van der Waals surface area contributed by atoms with Gasteiger partial charge >= 0.3 is 5.97 Å². The molecule has 12 heavy (non-hydrogen) atoms. The Balaban J connectivity index is 3.31. The van der Waals surface area contributed by atoms with Gasteiger partial charge in [0.15, 0.2) is 0 Å². The van der Waals surface area contributed by atoms with Crippen LogP contribution in [0.3, 0.4) is 0 Å². The molecule has 0 heterocycles. The minimum atomic E-state index is -1.17. The van der Waals surface area contributed by atoms with Crippen molar-refractivity contribution in [1.29, 1.82) is 0 Å². The van der Waals surface area contributed by atoms with Crippen molar-refractivity contribution in [2.75, 3.05) is 0 Å². The fraction of sp³-hybridized carbons (Fsp3) is 0. The molecule has 3 nitrogen and oxygen atoms in total. The molecule has 0 amide bonds. The van der Waals surface area contributed by atoms with E-state index in [9.17, 15) is 9.90 Å². The molecule has 0 aliphatic rings. The van der Waals surface area contributed by atoms with E-state index in [1.165, 1.54) is 0 Å². The third kappa shape index (κ3) is 1.62. The van der Waals surface area contributed by atoms with Gasteiger partial charge in [-0.1, -0.05) is 29.0 Å². The second-order valence-electron chi connectivity index (χ2n) is 2.07. The van der Waals surface area contributed by atoms with E-state index in [0.29, 0.717) is 0 Å². The Morgan fingerprint density at radius 1 is 1.33 bits per heavy atom. The highest BCUT2D eigenvalue weighted by Crippen LogP contribution is 2.30. The quantitative estimate of drug-likeness (QED) is 0.761. The SMILES string of the molecule is O=C(O)c1cc(Cl)c([O-])c(Cl)c1. The molecule has 0 spiro atoms. The molecule has 0 aliphatic carbocycles. The monoisotopic (exact) mass is 205 g/mol. The minimum absolute atomic E-state index is 0.0930. The largest absolute Gasteiger partial charge is 0.870 e. The molecule has 1 aromatic carbocycles. The number of aromatic carboxylic acids is 1. The van der Waals surface area contributed by atoms with E-state index in [-0.39, 0.29) is 15.6 Å². The van der Waals surface area contributed by atoms with Gasteiger partial charge in [0.2, 0.25) is 0 Å². The highest BCUT2D eigenvalue weighted by molar-refractivity contribution is 6.37. The summed E-state index contributed by atoms with van der Waals surface area (Å²) in [5, 5.41) is 19.0. The number of carboxylic acid groups (broad SMARTS) is 1. The van der Waals surface area contributed by atoms with E-state index in [1.807, 2.05) is 0 Å². The molecule has 0 fully saturated rings. The summed E-state index contributed by atoms with van der Waals surface area (Å²) in [7, 11) is 0. The first kappa shape index (κ1) is 9.16. The van der Waals surface area contributed by atoms with Crippen molar-refractivity contribution < 1.29 is 15.0 Å². The molecule has 0 aliphatic heterocycles. The Hall–Kier alpha value is -0.930. The zero-order chi connectivity index (χ0) is 9.30. The summed E-state index contributed by atoms with van der Waals surface area (Å²) in [5.41, 5.74) is -0.0930. The Bertz CT molecular complexity index is 312. The van der Waals surface area contributed by atoms with E-state index in [0.717, 1.165) is 12.1 Å². The maximum absolute atomic E-state index is 10.9. The van der Waals surface area contributed by atoms with Gasteiger partial charge in [-0.25, -0.2) is 4.79 Å². The van der Waals surface area contributed by atoms with Crippen molar-refractivity contribution in [3.63, 3.8) is 0 Å². The van der Waals surface area contributed by atoms with Crippen LogP contribution in [0.4, 0.5) is 0 Å². The third-order valence-corrected chi connectivity index (χ3v) is 1.81. The number of hydrogen-bond donors (Lipinski definition) is 1. The van der Waals surface area contributed by atoms with Crippen molar-refractivity contribution in [3.8, 4) is 5.75 Å². The van der Waals surface area contributed by atoms with Crippen LogP contribution in [-0.2, 0) is 0 Å². The average molecular weight is 206 g/mol. The fourth-order valence-electron chi connectivity index (χ4n) is 0.683. The lowest BCUT2D eigenvalue weighted by atomic mass is 10.2. The fourth-order valence-corrected chi connectivity index (χ4v) is 1.17. The number of hydrogen-bond acceptors (Lipinski definition) is 2. The summed E-state index contributed by atoms with van der Waals surface area (Å²) in [4.78, 5) is 10.4. The number of carbonyl (C=O) groups is 1. The summed E-state index contributed by atoms with van der Waals surface area (Å²) < 4.78 is 0. The summed E-state index contributed by atoms with van der Waals surface area (Å²) >= 11 is 10.8. The van der Waals surface area contributed by atoms with Gasteiger partial charge < -0.3 is 10.2 Å². The predicted octanol–water partition coefficient (Wildman–Crippen LogP) is 1.77. The van der Waals surface area contributed by atoms with E-state index >= 15 is 0 Å². The van der Waals surface area contributed by atoms with Gasteiger partial charge in [-0.05, 0) is 12.1 Å². The van der Waals surface area contributed by atoms with Crippen LogP contribution in [0.25, 0.3) is 0 Å². The van der Waals surface area contributed by atoms with E-state index in [4.69, 9.17) is 28.3 Å². The summed E-state index contributed by atoms with van der Waals surface area (Å²) in [6.45, 7) is 0. The Morgan fingerprint density at radius 2 is 1.75 bits per heavy atom. The van der Waals surface area contributed by atoms with Crippen LogP contribution >= 0.6 is 23.2 Å². The molecular formula is C7H3Cl2O3-. The van der Waals surface area contributed by atoms with Crippen LogP contribution in [0, 0.1) is 0 Å². The first-order valence-electron chi connectivity index (χ1n) is 2.91. The second kappa shape index (κ2) is 3.21. The van der Waals surface area contributed by atoms with Crippen molar-refractivity contribution in [2.45, 2.75) is 0 Å². The molecule has 5 heteroatoms. The lowest BCUT2D eigenvalue weighted by Gasteiger charge is -2.10. The first-order chi connectivity index (χ1) is 5.52. The van der Waals surface area contributed by atoms with Crippen molar-refractivity contribution in [3.05, 3.63) is 27.7 Å². The molecule has 1 aromatic rings. The topological polar surface area (TPSA) is 60.4 Å². The molecule has 64 valence electrons. The average Bonchev–Trinajstić information content (AvgIpc) is 1.99. The summed E-state index contributed by atoms with van der Waals surface area (Å²) in [6, 6.07) is 2.14. The number of halogens is 2. The van der Waals surface area contributed by atoms with Crippen LogP contribution in [0.1, 0.15) is 10.4 Å². The first-order valence-corrected chi connectivity index (χ1v) is 3.67. The zero-order valence-electron chi connectivity index (χ0n) is 5.67. The lowest BCUT2D eigenvalue weighted by Crippen LogP contribution is -1.99. The van der Waals surface area contributed by atoms with Gasteiger partial charge in [0.05, 0.1) is 5.56 Å². The van der Waals surface area contributed by atoms with Crippen molar-refractivity contribution in [1.82, 2.24) is 0 Å². The standard InChI is InChI=1S/C7H4Cl2O3/c8-4-1-3(7(11)12)2-5(9)6(4)10/h1-2,10H,(H,11,12)/p-1. The zero-order valence-corrected chi connectivity index (χ0v) is 7.19. The van der Waals surface area contributed by atoms with Gasteiger partial charge in [-0.15, -0.1) is 0 Å². The molecule has 0 saturated carbocycles. The van der Waals surface area contributed by atoms with E-state index in [1.54, 1.807) is 0 Å². The third-order valence-electron chi connectivity index (χ3n) is 1.25.